The Morgan fingerprint density at radius 2 is 1.83 bits per heavy atom. The number of nitrogens with one attached hydrogen (secondary N) is 1. The predicted molar refractivity (Wildman–Crippen MR) is 134 cm³/mol. The number of methoxy groups -OCH3 is 1. The van der Waals surface area contributed by atoms with E-state index in [4.69, 9.17) is 15.0 Å². The second-order valence-corrected chi connectivity index (χ2v) is 8.37. The Bertz CT molecular complexity index is 1500. The van der Waals surface area contributed by atoms with Crippen molar-refractivity contribution in [3.8, 4) is 34.5 Å². The highest BCUT2D eigenvalue weighted by Crippen LogP contribution is 2.35. The van der Waals surface area contributed by atoms with E-state index in [9.17, 15) is 0 Å². The molecular formula is C26H26N8O. The first-order chi connectivity index (χ1) is 17.2. The molecule has 6 rings (SSSR count). The number of aryl methyl sites for hydroxylation is 1. The number of piperidine rings is 1. The number of fused-ring (bicyclic) bond motifs is 2. The lowest BCUT2D eigenvalue weighted by molar-refractivity contribution is 0.402. The molecule has 4 aromatic heterocycles. The van der Waals surface area contributed by atoms with Crippen LogP contribution in [0, 0.1) is 11.3 Å². The van der Waals surface area contributed by atoms with Gasteiger partial charge in [-0.15, -0.1) is 0 Å². The molecule has 0 unspecified atom stereocenters. The smallest absolute Gasteiger partial charge is 0.240 e. The fourth-order valence-corrected chi connectivity index (χ4v) is 4.26. The van der Waals surface area contributed by atoms with Crippen molar-refractivity contribution < 1.29 is 4.74 Å². The van der Waals surface area contributed by atoms with Crippen LogP contribution in [0.5, 0.6) is 5.88 Å². The van der Waals surface area contributed by atoms with Gasteiger partial charge in [0.15, 0.2) is 5.65 Å². The molecule has 9 nitrogen and oxygen atoms in total. The van der Waals surface area contributed by atoms with Crippen LogP contribution >= 0.6 is 0 Å². The van der Waals surface area contributed by atoms with Crippen molar-refractivity contribution in [2.75, 3.05) is 20.2 Å². The Kier molecular flexibility index (Phi) is 6.37. The molecule has 35 heavy (non-hydrogen) atoms. The van der Waals surface area contributed by atoms with Crippen LogP contribution in [0.3, 0.4) is 0 Å². The van der Waals surface area contributed by atoms with Crippen molar-refractivity contribution in [3.05, 3.63) is 60.8 Å². The Labute approximate surface area is 203 Å². The number of hydrogen-bond donors (Lipinski definition) is 1. The van der Waals surface area contributed by atoms with E-state index in [-0.39, 0.29) is 0 Å². The third-order valence-electron chi connectivity index (χ3n) is 6.07. The van der Waals surface area contributed by atoms with Gasteiger partial charge < -0.3 is 10.1 Å². The molecule has 5 aromatic rings. The summed E-state index contributed by atoms with van der Waals surface area (Å²) in [7, 11) is 3.45. The zero-order chi connectivity index (χ0) is 24.2. The summed E-state index contributed by atoms with van der Waals surface area (Å²) >= 11 is 0. The highest BCUT2D eigenvalue weighted by atomic mass is 16.5. The molecule has 0 radical (unpaired) electrons. The molecular weight excluding hydrogens is 440 g/mol. The maximum Gasteiger partial charge on any atom is 0.240 e. The summed E-state index contributed by atoms with van der Waals surface area (Å²) in [6, 6.07) is 11.5. The van der Waals surface area contributed by atoms with E-state index < -0.39 is 0 Å². The Morgan fingerprint density at radius 3 is 2.49 bits per heavy atom. The van der Waals surface area contributed by atoms with Gasteiger partial charge in [-0.25, -0.2) is 15.0 Å². The Hall–Kier alpha value is -4.29. The second-order valence-electron chi connectivity index (χ2n) is 8.37. The van der Waals surface area contributed by atoms with Gasteiger partial charge in [0, 0.05) is 29.8 Å². The molecule has 1 aliphatic rings. The maximum atomic E-state index is 9.12. The number of benzene rings is 1. The number of imidazole rings is 1. The van der Waals surface area contributed by atoms with Gasteiger partial charge in [-0.05, 0) is 44.1 Å². The minimum absolute atomic E-state index is 0.473. The predicted octanol–water partition coefficient (Wildman–Crippen LogP) is 3.99. The molecule has 0 saturated carbocycles. The Morgan fingerprint density at radius 1 is 1.03 bits per heavy atom. The summed E-state index contributed by atoms with van der Waals surface area (Å²) in [5, 5.41) is 17.6. The summed E-state index contributed by atoms with van der Waals surface area (Å²) in [4.78, 5) is 13.6. The molecule has 1 fully saturated rings. The minimum atomic E-state index is 0.473. The summed E-state index contributed by atoms with van der Waals surface area (Å²) < 4.78 is 9.18. The monoisotopic (exact) mass is 466 g/mol. The highest BCUT2D eigenvalue weighted by molar-refractivity contribution is 5.86. The number of ether oxygens (including phenoxy) is 1. The number of hydrogen-bond acceptors (Lipinski definition) is 7. The largest absolute Gasteiger partial charge is 0.479 e. The van der Waals surface area contributed by atoms with Crippen LogP contribution in [-0.2, 0) is 7.05 Å². The van der Waals surface area contributed by atoms with Gasteiger partial charge in [0.1, 0.15) is 5.52 Å². The fraction of sp³-hybridized carbons (Fsp3) is 0.269. The number of aromatic nitrogens is 6. The number of nitriles is 1. The van der Waals surface area contributed by atoms with Crippen molar-refractivity contribution >= 4 is 16.6 Å². The molecule has 9 heteroatoms. The van der Waals surface area contributed by atoms with Crippen molar-refractivity contribution in [3.63, 3.8) is 0 Å². The van der Waals surface area contributed by atoms with Gasteiger partial charge in [0.25, 0.3) is 0 Å². The first-order valence-electron chi connectivity index (χ1n) is 11.6. The SMILES string of the molecule is C1CCNCC1.COc1nc(-c2ccc(C#N)cc2)c(-c2cnc3c(cnn3C)c2)n2cncc12. The first-order valence-corrected chi connectivity index (χ1v) is 11.6. The molecule has 1 aliphatic heterocycles. The summed E-state index contributed by atoms with van der Waals surface area (Å²) in [6.07, 6.45) is 11.3. The van der Waals surface area contributed by atoms with E-state index >= 15 is 0 Å². The standard InChI is InChI=1S/C21H15N7O.C5H11N/c1-27-20-16(10-25-27)7-15(9-24-20)19-18(14-5-3-13(8-22)4-6-14)26-21(29-2)17-11-23-12-28(17)19;1-2-4-6-5-3-1/h3-7,9-12H,1-2H3;6H,1-5H2. The molecule has 176 valence electrons. The maximum absolute atomic E-state index is 9.12. The zero-order valence-corrected chi connectivity index (χ0v) is 19.8. The van der Waals surface area contributed by atoms with Crippen LogP contribution in [0.15, 0.2) is 55.2 Å². The van der Waals surface area contributed by atoms with Crippen molar-refractivity contribution in [2.45, 2.75) is 19.3 Å². The van der Waals surface area contributed by atoms with E-state index in [1.165, 1.54) is 32.4 Å². The summed E-state index contributed by atoms with van der Waals surface area (Å²) in [5.41, 5.74) is 5.43. The minimum Gasteiger partial charge on any atom is -0.479 e. The lowest BCUT2D eigenvalue weighted by Crippen LogP contribution is -2.21. The van der Waals surface area contributed by atoms with Crippen LogP contribution in [-0.4, -0.2) is 49.3 Å². The second kappa shape index (κ2) is 9.91. The topological polar surface area (TPSA) is 106 Å². The molecule has 0 bridgehead atoms. The lowest BCUT2D eigenvalue weighted by atomic mass is 10.0. The highest BCUT2D eigenvalue weighted by Gasteiger charge is 2.19. The molecule has 1 N–H and O–H groups in total. The molecule has 0 atom stereocenters. The van der Waals surface area contributed by atoms with E-state index in [0.29, 0.717) is 17.1 Å². The molecule has 1 saturated heterocycles. The average molecular weight is 467 g/mol. The van der Waals surface area contributed by atoms with Crippen molar-refractivity contribution in [1.82, 2.24) is 34.4 Å². The third-order valence-corrected chi connectivity index (χ3v) is 6.07. The first kappa shape index (κ1) is 22.5. The van der Waals surface area contributed by atoms with Crippen molar-refractivity contribution in [2.24, 2.45) is 7.05 Å². The van der Waals surface area contributed by atoms with Crippen LogP contribution in [0.4, 0.5) is 0 Å². The van der Waals surface area contributed by atoms with Crippen LogP contribution in [0.1, 0.15) is 24.8 Å². The lowest BCUT2D eigenvalue weighted by Gasteiger charge is -2.14. The normalized spacial score (nSPS) is 13.3. The molecule has 0 aliphatic carbocycles. The van der Waals surface area contributed by atoms with Gasteiger partial charge in [0.05, 0.1) is 48.9 Å². The van der Waals surface area contributed by atoms with E-state index in [2.05, 4.69) is 26.5 Å². The number of nitrogens with zero attached hydrogens (tertiary/aromatic N) is 7. The van der Waals surface area contributed by atoms with Gasteiger partial charge in [-0.2, -0.15) is 10.4 Å². The van der Waals surface area contributed by atoms with Crippen molar-refractivity contribution in [1.29, 1.82) is 5.26 Å². The van der Waals surface area contributed by atoms with Gasteiger partial charge in [0.2, 0.25) is 5.88 Å². The molecule has 5 heterocycles. The number of pyridine rings is 1. The summed E-state index contributed by atoms with van der Waals surface area (Å²) in [6.45, 7) is 2.50. The molecule has 0 amide bonds. The zero-order valence-electron chi connectivity index (χ0n) is 19.8. The average Bonchev–Trinajstić information content (AvgIpc) is 3.56. The van der Waals surface area contributed by atoms with Crippen LogP contribution in [0.25, 0.3) is 39.1 Å². The van der Waals surface area contributed by atoms with E-state index in [1.807, 2.05) is 29.6 Å². The Balaban J connectivity index is 0.000000371. The summed E-state index contributed by atoms with van der Waals surface area (Å²) in [5.74, 6) is 0.473. The fourth-order valence-electron chi connectivity index (χ4n) is 4.26. The molecule has 1 aromatic carbocycles. The van der Waals surface area contributed by atoms with E-state index in [0.717, 1.165) is 33.4 Å². The van der Waals surface area contributed by atoms with Gasteiger partial charge in [-0.3, -0.25) is 9.08 Å². The third kappa shape index (κ3) is 4.44. The van der Waals surface area contributed by atoms with E-state index in [1.54, 1.807) is 48.8 Å². The van der Waals surface area contributed by atoms with Gasteiger partial charge >= 0.3 is 0 Å². The quantitative estimate of drug-likeness (QED) is 0.429. The van der Waals surface area contributed by atoms with Crippen LogP contribution < -0.4 is 10.1 Å². The van der Waals surface area contributed by atoms with Gasteiger partial charge in [-0.1, -0.05) is 18.6 Å². The van der Waals surface area contributed by atoms with Crippen LogP contribution in [0.2, 0.25) is 0 Å². The molecule has 0 spiro atoms. The number of rotatable bonds is 3.